The number of benzene rings is 1. The summed E-state index contributed by atoms with van der Waals surface area (Å²) in [6, 6.07) is 6.46. The van der Waals surface area contributed by atoms with E-state index in [0.717, 1.165) is 29.9 Å². The first-order chi connectivity index (χ1) is 18.1. The van der Waals surface area contributed by atoms with Gasteiger partial charge in [0.25, 0.3) is 0 Å². The number of pyridine rings is 1. The predicted molar refractivity (Wildman–Crippen MR) is 144 cm³/mol. The number of nitrogens with one attached hydrogen (secondary N) is 1. The molecule has 4 bridgehead atoms. The summed E-state index contributed by atoms with van der Waals surface area (Å²) < 4.78 is 39.1. The molecule has 2 aliphatic heterocycles. The molecule has 3 aromatic rings. The molecule has 5 rings (SSSR count). The van der Waals surface area contributed by atoms with Gasteiger partial charge in [-0.05, 0) is 73.2 Å². The molecule has 2 aromatic heterocycles. The SMILES string of the molecule is CCN1CCc2c3nn(c2C1)C(C)(C)COc1cc(ccn1)-c1cc(F)cc(C(C)C)c1CC(=O)NS3=O. The molecule has 0 spiro atoms. The van der Waals surface area contributed by atoms with Crippen LogP contribution in [0.4, 0.5) is 4.39 Å². The van der Waals surface area contributed by atoms with Gasteiger partial charge in [0.2, 0.25) is 11.8 Å². The number of carbonyl (C=O) groups is 1. The fourth-order valence-electron chi connectivity index (χ4n) is 5.30. The monoisotopic (exact) mass is 539 g/mol. The average molecular weight is 540 g/mol. The number of rotatable bonds is 2. The van der Waals surface area contributed by atoms with E-state index >= 15 is 0 Å². The van der Waals surface area contributed by atoms with Gasteiger partial charge < -0.3 is 4.74 Å². The minimum Gasteiger partial charge on any atom is -0.475 e. The van der Waals surface area contributed by atoms with Gasteiger partial charge in [-0.15, -0.1) is 0 Å². The lowest BCUT2D eigenvalue weighted by Crippen LogP contribution is -2.39. The highest BCUT2D eigenvalue weighted by atomic mass is 32.2. The van der Waals surface area contributed by atoms with Crippen LogP contribution in [0.5, 0.6) is 5.88 Å². The number of nitrogens with zero attached hydrogens (tertiary/aromatic N) is 4. The van der Waals surface area contributed by atoms with Crippen molar-refractivity contribution in [2.45, 2.75) is 70.5 Å². The Morgan fingerprint density at radius 1 is 1.24 bits per heavy atom. The van der Waals surface area contributed by atoms with Crippen LogP contribution in [0.1, 0.15) is 62.9 Å². The Kier molecular flexibility index (Phi) is 7.13. The number of fused-ring (bicyclic) bond motifs is 9. The summed E-state index contributed by atoms with van der Waals surface area (Å²) in [4.78, 5) is 20.0. The van der Waals surface area contributed by atoms with E-state index in [-0.39, 0.29) is 24.8 Å². The van der Waals surface area contributed by atoms with Gasteiger partial charge in [-0.25, -0.2) is 13.6 Å². The van der Waals surface area contributed by atoms with Crippen molar-refractivity contribution in [1.29, 1.82) is 0 Å². The minimum atomic E-state index is -1.84. The van der Waals surface area contributed by atoms with Crippen molar-refractivity contribution in [3.8, 4) is 17.0 Å². The van der Waals surface area contributed by atoms with Crippen LogP contribution in [0, 0.1) is 5.82 Å². The summed E-state index contributed by atoms with van der Waals surface area (Å²) >= 11 is 0. The van der Waals surface area contributed by atoms with Gasteiger partial charge in [-0.1, -0.05) is 20.8 Å². The van der Waals surface area contributed by atoms with Crippen LogP contribution in [0.2, 0.25) is 0 Å². The van der Waals surface area contributed by atoms with Gasteiger partial charge in [-0.2, -0.15) is 5.10 Å². The van der Waals surface area contributed by atoms with Crippen LogP contribution in [0.3, 0.4) is 0 Å². The quantitative estimate of drug-likeness (QED) is 0.528. The lowest BCUT2D eigenvalue weighted by molar-refractivity contribution is -0.118. The summed E-state index contributed by atoms with van der Waals surface area (Å²) in [5, 5.41) is 5.18. The Balaban J connectivity index is 1.66. The number of carbonyl (C=O) groups excluding carboxylic acids is 1. The highest BCUT2D eigenvalue weighted by molar-refractivity contribution is 7.83. The molecule has 0 saturated heterocycles. The number of aromatic nitrogens is 3. The Bertz CT molecular complexity index is 1420. The number of ether oxygens (including phenoxy) is 1. The lowest BCUT2D eigenvalue weighted by Gasteiger charge is -2.31. The van der Waals surface area contributed by atoms with Gasteiger partial charge in [-0.3, -0.25) is 19.1 Å². The largest absolute Gasteiger partial charge is 0.475 e. The summed E-state index contributed by atoms with van der Waals surface area (Å²) in [7, 11) is -1.84. The number of hydrogen-bond acceptors (Lipinski definition) is 6. The van der Waals surface area contributed by atoms with E-state index in [9.17, 15) is 13.4 Å². The van der Waals surface area contributed by atoms with Crippen molar-refractivity contribution in [3.63, 3.8) is 0 Å². The second-order valence-corrected chi connectivity index (χ2v) is 12.0. The topological polar surface area (TPSA) is 89.3 Å². The third-order valence-corrected chi connectivity index (χ3v) is 8.43. The first kappa shape index (κ1) is 26.5. The van der Waals surface area contributed by atoms with Crippen LogP contribution in [-0.4, -0.2) is 49.5 Å². The number of likely N-dealkylation sites (N-methyl/N-ethyl adjacent to an activating group) is 1. The van der Waals surface area contributed by atoms with E-state index in [1.54, 1.807) is 18.3 Å². The molecule has 0 fully saturated rings. The van der Waals surface area contributed by atoms with Gasteiger partial charge in [0.05, 0.1) is 17.7 Å². The van der Waals surface area contributed by atoms with Crippen molar-refractivity contribution in [3.05, 3.63) is 58.7 Å². The molecular formula is C28H34FN5O3S. The van der Waals surface area contributed by atoms with Gasteiger partial charge in [0.15, 0.2) is 16.0 Å². The maximum Gasteiger partial charge on any atom is 0.236 e. The maximum absolute atomic E-state index is 14.8. The third kappa shape index (κ3) is 4.99. The van der Waals surface area contributed by atoms with Crippen LogP contribution in [0.25, 0.3) is 11.1 Å². The van der Waals surface area contributed by atoms with Gasteiger partial charge in [0.1, 0.15) is 12.4 Å². The zero-order valence-electron chi connectivity index (χ0n) is 22.5. The van der Waals surface area contributed by atoms with Crippen molar-refractivity contribution in [2.24, 2.45) is 0 Å². The number of halogens is 1. The first-order valence-corrected chi connectivity index (χ1v) is 14.2. The van der Waals surface area contributed by atoms with Crippen LogP contribution in [0.15, 0.2) is 35.5 Å². The van der Waals surface area contributed by atoms with E-state index in [4.69, 9.17) is 9.84 Å². The molecule has 8 nitrogen and oxygen atoms in total. The lowest BCUT2D eigenvalue weighted by atomic mass is 9.88. The van der Waals surface area contributed by atoms with Crippen molar-refractivity contribution >= 4 is 16.9 Å². The third-order valence-electron chi connectivity index (χ3n) is 7.33. The summed E-state index contributed by atoms with van der Waals surface area (Å²) in [6.07, 6.45) is 2.27. The first-order valence-electron chi connectivity index (χ1n) is 13.0. The van der Waals surface area contributed by atoms with E-state index in [0.29, 0.717) is 40.6 Å². The van der Waals surface area contributed by atoms with E-state index in [2.05, 4.69) is 21.5 Å². The average Bonchev–Trinajstić information content (AvgIpc) is 3.27. The maximum atomic E-state index is 14.8. The molecule has 0 saturated carbocycles. The normalized spacial score (nSPS) is 19.6. The smallest absolute Gasteiger partial charge is 0.236 e. The number of amides is 1. The molecule has 2 aliphatic rings. The van der Waals surface area contributed by atoms with Crippen molar-refractivity contribution in [2.75, 3.05) is 19.7 Å². The Morgan fingerprint density at radius 2 is 2.03 bits per heavy atom. The number of hydrogen-bond donors (Lipinski definition) is 1. The molecule has 1 aromatic carbocycles. The Labute approximate surface area is 225 Å². The molecule has 10 heteroatoms. The molecule has 202 valence electrons. The molecule has 0 aliphatic carbocycles. The van der Waals surface area contributed by atoms with Crippen LogP contribution >= 0.6 is 0 Å². The Hall–Kier alpha value is -3.11. The summed E-state index contributed by atoms with van der Waals surface area (Å²) in [6.45, 7) is 12.7. The van der Waals surface area contributed by atoms with Crippen LogP contribution in [-0.2, 0) is 40.7 Å². The minimum absolute atomic E-state index is 0.0255. The van der Waals surface area contributed by atoms with Gasteiger partial charge in [0, 0.05) is 30.9 Å². The molecule has 1 amide bonds. The fraction of sp³-hybridized carbons (Fsp3) is 0.464. The Morgan fingerprint density at radius 3 is 2.76 bits per heavy atom. The van der Waals surface area contributed by atoms with E-state index < -0.39 is 22.4 Å². The molecule has 4 heterocycles. The second-order valence-electron chi connectivity index (χ2n) is 10.9. The molecule has 1 N–H and O–H groups in total. The fourth-order valence-corrected chi connectivity index (χ4v) is 6.28. The summed E-state index contributed by atoms with van der Waals surface area (Å²) in [5.74, 6) is -0.419. The van der Waals surface area contributed by atoms with E-state index in [1.165, 1.54) is 12.1 Å². The standard InChI is InChI=1S/C28H34FN5O3S/c1-6-33-10-8-20-24(15-33)34-28(4,5)16-37-26-11-18(7-9-30-26)22-13-19(29)12-21(17(2)3)23(22)14-25(35)32-38(36)27(20)31-34/h7,9,11-13,17H,6,8,10,14-16H2,1-5H3,(H,32,35). The zero-order valence-corrected chi connectivity index (χ0v) is 23.3. The van der Waals surface area contributed by atoms with Gasteiger partial charge >= 0.3 is 0 Å². The van der Waals surface area contributed by atoms with Crippen molar-refractivity contribution in [1.82, 2.24) is 24.4 Å². The molecule has 38 heavy (non-hydrogen) atoms. The van der Waals surface area contributed by atoms with E-state index in [1.807, 2.05) is 32.4 Å². The van der Waals surface area contributed by atoms with Crippen LogP contribution < -0.4 is 9.46 Å². The molecule has 0 radical (unpaired) electrons. The predicted octanol–water partition coefficient (Wildman–Crippen LogP) is 4.09. The highest BCUT2D eigenvalue weighted by Gasteiger charge is 2.34. The van der Waals surface area contributed by atoms with Crippen molar-refractivity contribution < 1.29 is 18.1 Å². The second kappa shape index (κ2) is 10.2. The zero-order chi connectivity index (χ0) is 27.2. The molecule has 1 unspecified atom stereocenters. The molecule has 1 atom stereocenters. The summed E-state index contributed by atoms with van der Waals surface area (Å²) in [5.41, 5.74) is 4.02. The molecular weight excluding hydrogens is 505 g/mol. The highest BCUT2D eigenvalue weighted by Crippen LogP contribution is 2.34.